The van der Waals surface area contributed by atoms with Gasteiger partial charge in [0.1, 0.15) is 0 Å². The van der Waals surface area contributed by atoms with Crippen LogP contribution in [0.2, 0.25) is 0 Å². The number of amides is 1. The third-order valence-electron chi connectivity index (χ3n) is 6.74. The van der Waals surface area contributed by atoms with Crippen LogP contribution >= 0.6 is 0 Å². The van der Waals surface area contributed by atoms with Crippen LogP contribution in [0, 0.1) is 5.41 Å². The van der Waals surface area contributed by atoms with Crippen molar-refractivity contribution in [2.45, 2.75) is 43.0 Å². The average molecular weight is 392 g/mol. The fourth-order valence-electron chi connectivity index (χ4n) is 5.18. The van der Waals surface area contributed by atoms with Gasteiger partial charge in [0.15, 0.2) is 0 Å². The second-order valence-corrected chi connectivity index (χ2v) is 10.1. The summed E-state index contributed by atoms with van der Waals surface area (Å²) in [5.74, 6) is 0.258. The zero-order chi connectivity index (χ0) is 19.1. The summed E-state index contributed by atoms with van der Waals surface area (Å²) in [5.41, 5.74) is -0.431. The number of sulfonamides is 1. The van der Waals surface area contributed by atoms with Crippen molar-refractivity contribution in [3.63, 3.8) is 0 Å². The van der Waals surface area contributed by atoms with E-state index in [4.69, 9.17) is 0 Å². The van der Waals surface area contributed by atoms with Crippen LogP contribution in [0.5, 0.6) is 0 Å². The molecule has 3 fully saturated rings. The minimum Gasteiger partial charge on any atom is -0.342 e. The molecule has 0 aromatic heterocycles. The standard InChI is InChI=1S/C20H29N3O3S/c1-21-15-10-20(19(24)22-12-5-6-13-22)11-16-23(14-9-18(20)21)27(25,26)17-7-3-2-4-8-17/h2-4,7-8,18H,5-6,9-16H2,1H3/t18-,20-/m0/s1. The van der Waals surface area contributed by atoms with E-state index in [9.17, 15) is 13.2 Å². The van der Waals surface area contributed by atoms with Crippen molar-refractivity contribution < 1.29 is 13.2 Å². The van der Waals surface area contributed by atoms with E-state index in [0.29, 0.717) is 30.8 Å². The van der Waals surface area contributed by atoms with Gasteiger partial charge in [-0.3, -0.25) is 4.79 Å². The molecule has 0 N–H and O–H groups in total. The molecule has 0 aliphatic carbocycles. The highest BCUT2D eigenvalue weighted by Crippen LogP contribution is 2.45. The molecule has 3 aliphatic heterocycles. The third kappa shape index (κ3) is 3.19. The van der Waals surface area contributed by atoms with Gasteiger partial charge in [-0.2, -0.15) is 4.31 Å². The van der Waals surface area contributed by atoms with Crippen LogP contribution in [-0.2, 0) is 14.8 Å². The van der Waals surface area contributed by atoms with Gasteiger partial charge in [0, 0.05) is 32.2 Å². The monoisotopic (exact) mass is 391 g/mol. The van der Waals surface area contributed by atoms with Gasteiger partial charge in [-0.15, -0.1) is 0 Å². The Bertz CT molecular complexity index is 792. The number of fused-ring (bicyclic) bond motifs is 1. The van der Waals surface area contributed by atoms with Gasteiger partial charge in [0.05, 0.1) is 10.3 Å². The first-order valence-electron chi connectivity index (χ1n) is 10.00. The summed E-state index contributed by atoms with van der Waals surface area (Å²) >= 11 is 0. The van der Waals surface area contributed by atoms with E-state index in [2.05, 4.69) is 11.9 Å². The molecule has 0 radical (unpaired) electrons. The maximum absolute atomic E-state index is 13.5. The minimum absolute atomic E-state index is 0.126. The highest BCUT2D eigenvalue weighted by molar-refractivity contribution is 7.89. The van der Waals surface area contributed by atoms with Crippen molar-refractivity contribution >= 4 is 15.9 Å². The predicted molar refractivity (Wildman–Crippen MR) is 104 cm³/mol. The maximum atomic E-state index is 13.5. The van der Waals surface area contributed by atoms with Crippen LogP contribution in [0.15, 0.2) is 35.2 Å². The summed E-state index contributed by atoms with van der Waals surface area (Å²) in [6.07, 6.45) is 4.32. The first-order valence-corrected chi connectivity index (χ1v) is 11.4. The number of rotatable bonds is 3. The van der Waals surface area contributed by atoms with E-state index in [0.717, 1.165) is 38.9 Å². The van der Waals surface area contributed by atoms with Gasteiger partial charge in [-0.05, 0) is 57.8 Å². The first kappa shape index (κ1) is 18.9. The number of nitrogens with zero attached hydrogens (tertiary/aromatic N) is 3. The van der Waals surface area contributed by atoms with Gasteiger partial charge < -0.3 is 9.80 Å². The Hall–Kier alpha value is -1.44. The van der Waals surface area contributed by atoms with Crippen LogP contribution in [0.4, 0.5) is 0 Å². The Morgan fingerprint density at radius 2 is 1.67 bits per heavy atom. The Morgan fingerprint density at radius 1 is 1.00 bits per heavy atom. The lowest BCUT2D eigenvalue weighted by molar-refractivity contribution is -0.142. The molecule has 0 spiro atoms. The smallest absolute Gasteiger partial charge is 0.243 e. The zero-order valence-corrected chi connectivity index (χ0v) is 16.8. The molecule has 6 nitrogen and oxygen atoms in total. The largest absolute Gasteiger partial charge is 0.342 e. The summed E-state index contributed by atoms with van der Waals surface area (Å²) in [6, 6.07) is 8.76. The summed E-state index contributed by atoms with van der Waals surface area (Å²) < 4.78 is 27.8. The van der Waals surface area contributed by atoms with E-state index >= 15 is 0 Å². The third-order valence-corrected chi connectivity index (χ3v) is 8.65. The first-order chi connectivity index (χ1) is 12.9. The molecule has 0 unspecified atom stereocenters. The Morgan fingerprint density at radius 3 is 2.37 bits per heavy atom. The maximum Gasteiger partial charge on any atom is 0.243 e. The number of hydrogen-bond acceptors (Lipinski definition) is 4. The van der Waals surface area contributed by atoms with Crippen molar-refractivity contribution in [3.8, 4) is 0 Å². The molecule has 1 aromatic rings. The molecule has 3 saturated heterocycles. The van der Waals surface area contributed by atoms with Gasteiger partial charge in [0.2, 0.25) is 15.9 Å². The Balaban J connectivity index is 1.61. The van der Waals surface area contributed by atoms with Crippen molar-refractivity contribution in [1.29, 1.82) is 0 Å². The fourth-order valence-corrected chi connectivity index (χ4v) is 6.66. The molecule has 3 heterocycles. The van der Waals surface area contributed by atoms with E-state index in [-0.39, 0.29) is 11.9 Å². The van der Waals surface area contributed by atoms with Gasteiger partial charge in [-0.1, -0.05) is 18.2 Å². The molecule has 3 aliphatic rings. The highest BCUT2D eigenvalue weighted by Gasteiger charge is 2.54. The highest BCUT2D eigenvalue weighted by atomic mass is 32.2. The minimum atomic E-state index is -3.52. The van der Waals surface area contributed by atoms with Crippen LogP contribution in [0.3, 0.4) is 0 Å². The lowest BCUT2D eigenvalue weighted by Crippen LogP contribution is -2.49. The van der Waals surface area contributed by atoms with Crippen LogP contribution < -0.4 is 0 Å². The van der Waals surface area contributed by atoms with Gasteiger partial charge in [0.25, 0.3) is 0 Å². The van der Waals surface area contributed by atoms with E-state index < -0.39 is 15.4 Å². The Kier molecular flexibility index (Phi) is 5.03. The zero-order valence-electron chi connectivity index (χ0n) is 16.0. The molecule has 0 bridgehead atoms. The van der Waals surface area contributed by atoms with Crippen molar-refractivity contribution in [3.05, 3.63) is 30.3 Å². The molecule has 1 amide bonds. The number of likely N-dealkylation sites (tertiary alicyclic amines) is 2. The summed E-state index contributed by atoms with van der Waals surface area (Å²) in [5, 5.41) is 0. The normalized spacial score (nSPS) is 30.3. The molecule has 4 rings (SSSR count). The molecule has 148 valence electrons. The molecule has 0 saturated carbocycles. The van der Waals surface area contributed by atoms with E-state index in [1.807, 2.05) is 11.0 Å². The van der Waals surface area contributed by atoms with Gasteiger partial charge >= 0.3 is 0 Å². The number of carbonyl (C=O) groups is 1. The molecule has 27 heavy (non-hydrogen) atoms. The number of benzene rings is 1. The van der Waals surface area contributed by atoms with Crippen molar-refractivity contribution in [1.82, 2.24) is 14.1 Å². The van der Waals surface area contributed by atoms with E-state index in [1.54, 1.807) is 28.6 Å². The summed E-state index contributed by atoms with van der Waals surface area (Å²) in [6.45, 7) is 3.50. The quantitative estimate of drug-likeness (QED) is 0.788. The molecule has 1 aromatic carbocycles. The SMILES string of the molecule is CN1CC[C@]2(C(=O)N3CCCC3)CCN(S(=O)(=O)c3ccccc3)CC[C@H]12. The number of carbonyl (C=O) groups excluding carboxylic acids is 1. The summed E-state index contributed by atoms with van der Waals surface area (Å²) in [7, 11) is -1.44. The van der Waals surface area contributed by atoms with Crippen LogP contribution in [0.1, 0.15) is 32.1 Å². The number of hydrogen-bond donors (Lipinski definition) is 0. The average Bonchev–Trinajstić information content (AvgIpc) is 3.26. The lowest BCUT2D eigenvalue weighted by atomic mass is 9.75. The van der Waals surface area contributed by atoms with Gasteiger partial charge in [-0.25, -0.2) is 8.42 Å². The van der Waals surface area contributed by atoms with E-state index in [1.165, 1.54) is 0 Å². The second kappa shape index (κ2) is 7.18. The fraction of sp³-hybridized carbons (Fsp3) is 0.650. The van der Waals surface area contributed by atoms with Crippen LogP contribution in [-0.4, -0.2) is 74.2 Å². The van der Waals surface area contributed by atoms with Crippen LogP contribution in [0.25, 0.3) is 0 Å². The van der Waals surface area contributed by atoms with Crippen molar-refractivity contribution in [2.24, 2.45) is 5.41 Å². The molecule has 7 heteroatoms. The second-order valence-electron chi connectivity index (χ2n) is 8.16. The van der Waals surface area contributed by atoms with Crippen molar-refractivity contribution in [2.75, 3.05) is 39.8 Å². The predicted octanol–water partition coefficient (Wildman–Crippen LogP) is 1.78. The topological polar surface area (TPSA) is 60.9 Å². The molecule has 2 atom stereocenters. The summed E-state index contributed by atoms with van der Waals surface area (Å²) in [4.78, 5) is 18.1. The lowest BCUT2D eigenvalue weighted by Gasteiger charge is -2.37. The molecular formula is C20H29N3O3S. The molecular weight excluding hydrogens is 362 g/mol. The Labute approximate surface area is 162 Å².